The summed E-state index contributed by atoms with van der Waals surface area (Å²) in [6.45, 7) is 4.54. The zero-order chi connectivity index (χ0) is 60.6. The highest BCUT2D eigenvalue weighted by Gasteiger charge is 2.28. The number of nitrogens with one attached hydrogen (secondary N) is 2. The van der Waals surface area contributed by atoms with Crippen molar-refractivity contribution in [3.05, 3.63) is 237 Å². The zero-order valence-electron chi connectivity index (χ0n) is 47.0. The molecule has 4 aromatic carbocycles. The molecular formula is C67H61ClF2N6O10. The number of phenolic OH excluding ortho intramolecular Hbond substituents is 1. The molecular weight excluding hydrogens is 1120 g/mol. The lowest BCUT2D eigenvalue weighted by molar-refractivity contribution is -0.121. The van der Waals surface area contributed by atoms with Crippen molar-refractivity contribution in [2.24, 2.45) is 0 Å². The Hall–Kier alpha value is -10.3. The second kappa shape index (κ2) is 29.8. The summed E-state index contributed by atoms with van der Waals surface area (Å²) in [5, 5.41) is 15.6. The van der Waals surface area contributed by atoms with Crippen LogP contribution in [0.2, 0.25) is 0 Å². The minimum absolute atomic E-state index is 0. The number of carbonyl (C=O) groups excluding carboxylic acids is 4. The Kier molecular flexibility index (Phi) is 21.9. The van der Waals surface area contributed by atoms with Gasteiger partial charge in [-0.15, -0.1) is 0 Å². The topological polar surface area (TPSA) is 210 Å². The third kappa shape index (κ3) is 15.6. The van der Waals surface area contributed by atoms with Gasteiger partial charge in [0.25, 0.3) is 5.24 Å². The number of halogens is 3. The average molecular weight is 1180 g/mol. The van der Waals surface area contributed by atoms with Gasteiger partial charge in [0.2, 0.25) is 23.3 Å². The minimum Gasteiger partial charge on any atom is -0.502 e. The fourth-order valence-electron chi connectivity index (χ4n) is 9.34. The molecule has 0 fully saturated rings. The fraction of sp³-hybridized carbons (Fsp3) is 0.164. The maximum absolute atomic E-state index is 14.4. The van der Waals surface area contributed by atoms with E-state index in [1.807, 2.05) is 50.3 Å². The number of phenols is 1. The standard InChI is InChI=1S/C33H28FN3O5.C27H25FN2O4.C6H4ClNO.CH4/c1-20-26(12-22-13-29(40-2)32(30(14-22)41-3)42-33(39)23-7-5-11-36-19-23)25-9-8-24(34)15-28(25)27(20)16-31(38)37-18-21-6-4-10-35-17-21;1-16-21(9-18-10-24(33-2)27(32)25(11-18)34-3)20-7-6-19(28)12-23(20)22(16)13-26(31)30-15-17-5-4-8-29-14-17;7-6(9)5-2-1-3-8-4-5;/h4-15,17,19H,16,18H2,1-3H3,(H,37,38);4-12,14,32H,13,15H2,1-3H3,(H,30,31);1-4H;1H4/b26-12-;21-9-;;. The van der Waals surface area contributed by atoms with Crippen LogP contribution in [0.5, 0.6) is 34.5 Å². The van der Waals surface area contributed by atoms with Gasteiger partial charge in [-0.1, -0.05) is 31.7 Å². The van der Waals surface area contributed by atoms with Gasteiger partial charge in [0, 0.05) is 62.7 Å². The smallest absolute Gasteiger partial charge is 0.345 e. The summed E-state index contributed by atoms with van der Waals surface area (Å²) in [5.74, 6) is -0.547. The molecule has 0 bridgehead atoms. The van der Waals surface area contributed by atoms with Gasteiger partial charge >= 0.3 is 5.97 Å². The van der Waals surface area contributed by atoms with E-state index in [-0.39, 0.29) is 83.8 Å². The quantitative estimate of drug-likeness (QED) is 0.0440. The molecule has 86 heavy (non-hydrogen) atoms. The first-order chi connectivity index (χ1) is 41.1. The van der Waals surface area contributed by atoms with E-state index in [2.05, 4.69) is 30.6 Å². The van der Waals surface area contributed by atoms with Crippen LogP contribution in [0.3, 0.4) is 0 Å². The van der Waals surface area contributed by atoms with Crippen molar-refractivity contribution in [3.63, 3.8) is 0 Å². The van der Waals surface area contributed by atoms with Crippen molar-refractivity contribution in [2.45, 2.75) is 47.2 Å². The van der Waals surface area contributed by atoms with Crippen molar-refractivity contribution < 1.29 is 56.7 Å². The molecule has 0 unspecified atom stereocenters. The molecule has 16 nitrogen and oxygen atoms in total. The first-order valence-electron chi connectivity index (χ1n) is 26.3. The van der Waals surface area contributed by atoms with Crippen molar-refractivity contribution in [3.8, 4) is 34.5 Å². The number of pyridine rings is 4. The van der Waals surface area contributed by atoms with E-state index in [0.717, 1.165) is 61.3 Å². The number of amides is 2. The monoisotopic (exact) mass is 1180 g/mol. The maximum atomic E-state index is 14.4. The van der Waals surface area contributed by atoms with Crippen molar-refractivity contribution in [1.82, 2.24) is 30.6 Å². The zero-order valence-corrected chi connectivity index (χ0v) is 47.8. The number of esters is 1. The Labute approximate surface area is 501 Å². The van der Waals surface area contributed by atoms with Gasteiger partial charge < -0.3 is 39.4 Å². The number of allylic oxidation sites excluding steroid dienone is 4. The van der Waals surface area contributed by atoms with E-state index in [4.69, 9.17) is 35.3 Å². The summed E-state index contributed by atoms with van der Waals surface area (Å²) in [6, 6.07) is 29.9. The number of rotatable bonds is 17. The van der Waals surface area contributed by atoms with Gasteiger partial charge in [0.1, 0.15) is 11.6 Å². The van der Waals surface area contributed by atoms with Crippen LogP contribution >= 0.6 is 11.6 Å². The molecule has 4 aromatic heterocycles. The summed E-state index contributed by atoms with van der Waals surface area (Å²) in [4.78, 5) is 64.5. The molecule has 0 atom stereocenters. The fourth-order valence-corrected chi connectivity index (χ4v) is 9.46. The maximum Gasteiger partial charge on any atom is 0.345 e. The molecule has 440 valence electrons. The van der Waals surface area contributed by atoms with E-state index in [1.165, 1.54) is 65.1 Å². The van der Waals surface area contributed by atoms with Crippen molar-refractivity contribution >= 4 is 69.1 Å². The summed E-state index contributed by atoms with van der Waals surface area (Å²) < 4.78 is 55.8. The Bertz CT molecular complexity index is 3850. The van der Waals surface area contributed by atoms with E-state index < -0.39 is 11.2 Å². The molecule has 8 aromatic rings. The molecule has 3 N–H and O–H groups in total. The van der Waals surface area contributed by atoms with Crippen molar-refractivity contribution in [1.29, 1.82) is 0 Å². The van der Waals surface area contributed by atoms with Crippen LogP contribution in [0.1, 0.15) is 99.3 Å². The Morgan fingerprint density at radius 1 is 0.535 bits per heavy atom. The SMILES string of the molecule is C.COc1cc(/C=C2/C(C)=C(CC(=O)NCc3cccnc3)c3cc(F)ccc32)cc(OC)c1O.COc1cc(/C=C2/C(C)=C(CC(=O)NCc3cccnc3)c3cc(F)ccc32)cc(OC)c1OC(=O)c1cccnc1.O=C(Cl)c1cccnc1. The molecule has 4 heterocycles. The first-order valence-corrected chi connectivity index (χ1v) is 26.7. The lowest BCUT2D eigenvalue weighted by Gasteiger charge is -2.15. The van der Waals surface area contributed by atoms with Gasteiger partial charge in [0.15, 0.2) is 23.0 Å². The molecule has 0 radical (unpaired) electrons. The van der Waals surface area contributed by atoms with Crippen LogP contribution in [-0.4, -0.2) is 76.5 Å². The lowest BCUT2D eigenvalue weighted by Crippen LogP contribution is -2.22. The number of benzene rings is 4. The third-order valence-electron chi connectivity index (χ3n) is 13.6. The summed E-state index contributed by atoms with van der Waals surface area (Å²) in [7, 11) is 5.86. The number of hydrogen-bond acceptors (Lipinski definition) is 14. The number of methoxy groups -OCH3 is 4. The number of aromatic hydroxyl groups is 1. The first kappa shape index (κ1) is 63.3. The van der Waals surface area contributed by atoms with Crippen molar-refractivity contribution in [2.75, 3.05) is 28.4 Å². The molecule has 19 heteroatoms. The van der Waals surface area contributed by atoms with E-state index in [1.54, 1.807) is 97.8 Å². The Balaban J connectivity index is 0.000000215. The highest BCUT2D eigenvalue weighted by atomic mass is 35.5. The molecule has 2 amide bonds. The van der Waals surface area contributed by atoms with Crippen LogP contribution in [-0.2, 0) is 22.7 Å². The minimum atomic E-state index is -0.609. The Morgan fingerprint density at radius 2 is 0.930 bits per heavy atom. The number of aromatic nitrogens is 4. The lowest BCUT2D eigenvalue weighted by atomic mass is 10.00. The van der Waals surface area contributed by atoms with E-state index >= 15 is 0 Å². The van der Waals surface area contributed by atoms with Gasteiger partial charge in [0.05, 0.1) is 52.4 Å². The number of carbonyl (C=O) groups is 4. The second-order valence-corrected chi connectivity index (χ2v) is 19.4. The van der Waals surface area contributed by atoms with E-state index in [9.17, 15) is 33.1 Å². The predicted octanol–water partition coefficient (Wildman–Crippen LogP) is 13.0. The normalized spacial score (nSPS) is 12.8. The molecule has 0 saturated carbocycles. The van der Waals surface area contributed by atoms with Gasteiger partial charge in [-0.3, -0.25) is 34.3 Å². The predicted molar refractivity (Wildman–Crippen MR) is 326 cm³/mol. The average Bonchev–Trinajstić information content (AvgIpc) is 2.09. The van der Waals surface area contributed by atoms with Gasteiger partial charge in [-0.25, -0.2) is 13.6 Å². The number of ether oxygens (including phenoxy) is 5. The summed E-state index contributed by atoms with van der Waals surface area (Å²) >= 11 is 5.12. The van der Waals surface area contributed by atoms with Crippen LogP contribution in [0.15, 0.2) is 170 Å². The summed E-state index contributed by atoms with van der Waals surface area (Å²) in [6.07, 6.45) is 16.7. The third-order valence-corrected chi connectivity index (χ3v) is 13.8. The number of nitrogens with zero attached hydrogens (tertiary/aromatic N) is 4. The Morgan fingerprint density at radius 3 is 1.29 bits per heavy atom. The summed E-state index contributed by atoms with van der Waals surface area (Å²) in [5.41, 5.74) is 11.8. The molecule has 2 aliphatic carbocycles. The molecule has 0 spiro atoms. The van der Waals surface area contributed by atoms with Crippen LogP contribution in [0.25, 0.3) is 34.4 Å². The largest absolute Gasteiger partial charge is 0.502 e. The molecule has 0 aliphatic heterocycles. The molecule has 2 aliphatic rings. The van der Waals surface area contributed by atoms with Gasteiger partial charge in [-0.2, -0.15) is 0 Å². The van der Waals surface area contributed by atoms with E-state index in [0.29, 0.717) is 35.3 Å². The van der Waals surface area contributed by atoms with Crippen LogP contribution in [0.4, 0.5) is 8.78 Å². The van der Waals surface area contributed by atoms with Crippen LogP contribution < -0.4 is 34.3 Å². The second-order valence-electron chi connectivity index (χ2n) is 19.0. The highest BCUT2D eigenvalue weighted by molar-refractivity contribution is 6.67. The molecule has 0 saturated heterocycles. The van der Waals surface area contributed by atoms with Gasteiger partial charge in [-0.05, 0) is 200 Å². The highest BCUT2D eigenvalue weighted by Crippen LogP contribution is 2.47. The van der Waals surface area contributed by atoms with Crippen LogP contribution in [0, 0.1) is 11.6 Å². The molecule has 10 rings (SSSR count). The number of fused-ring (bicyclic) bond motifs is 2. The number of hydrogen-bond donors (Lipinski definition) is 3.